The van der Waals surface area contributed by atoms with Gasteiger partial charge in [0, 0.05) is 0 Å². The summed E-state index contributed by atoms with van der Waals surface area (Å²) >= 11 is 0. The molecule has 0 aliphatic carbocycles. The van der Waals surface area contributed by atoms with Crippen LogP contribution in [0.3, 0.4) is 0 Å². The van der Waals surface area contributed by atoms with Crippen LogP contribution in [0.15, 0.2) is 24.3 Å². The van der Waals surface area contributed by atoms with E-state index in [2.05, 4.69) is 6.07 Å². The molecule has 0 aromatic heterocycles. The van der Waals surface area contributed by atoms with Crippen LogP contribution in [-0.2, 0) is 4.74 Å². The summed E-state index contributed by atoms with van der Waals surface area (Å²) in [6.45, 7) is 3.41. The van der Waals surface area contributed by atoms with Crippen LogP contribution in [0.25, 0.3) is 0 Å². The van der Waals surface area contributed by atoms with Gasteiger partial charge in [-0.3, -0.25) is 0 Å². The first-order valence-corrected chi connectivity index (χ1v) is 5.69. The Morgan fingerprint density at radius 3 is 2.53 bits per heavy atom. The standard InChI is InChI=1S/C13H16N2O2/c1-2-17-11-5-3-10(4-6-11)12(15)13(7-14)8-16-9-13/h3-6,12H,2,8-9,15H2,1H3. The van der Waals surface area contributed by atoms with Gasteiger partial charge in [0.15, 0.2) is 0 Å². The summed E-state index contributed by atoms with van der Waals surface area (Å²) in [5.74, 6) is 0.819. The van der Waals surface area contributed by atoms with Gasteiger partial charge in [0.25, 0.3) is 0 Å². The molecule has 2 N–H and O–H groups in total. The van der Waals surface area contributed by atoms with Gasteiger partial charge >= 0.3 is 0 Å². The predicted molar refractivity (Wildman–Crippen MR) is 63.4 cm³/mol. The van der Waals surface area contributed by atoms with Crippen molar-refractivity contribution >= 4 is 0 Å². The Morgan fingerprint density at radius 2 is 2.12 bits per heavy atom. The quantitative estimate of drug-likeness (QED) is 0.856. The van der Waals surface area contributed by atoms with E-state index in [4.69, 9.17) is 15.2 Å². The predicted octanol–water partition coefficient (Wildman–Crippen LogP) is 1.63. The smallest absolute Gasteiger partial charge is 0.123 e. The fraction of sp³-hybridized carbons (Fsp3) is 0.462. The van der Waals surface area contributed by atoms with Gasteiger partial charge in [-0.15, -0.1) is 0 Å². The highest BCUT2D eigenvalue weighted by molar-refractivity contribution is 5.32. The van der Waals surface area contributed by atoms with E-state index >= 15 is 0 Å². The Labute approximate surface area is 101 Å². The molecule has 4 heteroatoms. The van der Waals surface area contributed by atoms with Gasteiger partial charge in [-0.2, -0.15) is 5.26 Å². The largest absolute Gasteiger partial charge is 0.494 e. The van der Waals surface area contributed by atoms with Gasteiger partial charge in [0.05, 0.1) is 31.9 Å². The number of rotatable bonds is 4. The molecule has 1 atom stereocenters. The van der Waals surface area contributed by atoms with Crippen molar-refractivity contribution in [1.29, 1.82) is 5.26 Å². The van der Waals surface area contributed by atoms with Gasteiger partial charge in [-0.25, -0.2) is 0 Å². The average molecular weight is 232 g/mol. The highest BCUT2D eigenvalue weighted by Gasteiger charge is 2.45. The number of nitrogens with two attached hydrogens (primary N) is 1. The molecular formula is C13H16N2O2. The Bertz CT molecular complexity index is 418. The van der Waals surface area contributed by atoms with Gasteiger partial charge in [-0.05, 0) is 24.6 Å². The number of nitriles is 1. The zero-order chi connectivity index (χ0) is 12.3. The average Bonchev–Trinajstić information content (AvgIpc) is 2.29. The molecule has 17 heavy (non-hydrogen) atoms. The molecule has 1 unspecified atom stereocenters. The van der Waals surface area contributed by atoms with Gasteiger partial charge in [-0.1, -0.05) is 12.1 Å². The lowest BCUT2D eigenvalue weighted by Crippen LogP contribution is -2.49. The second-order valence-electron chi connectivity index (χ2n) is 4.24. The van der Waals surface area contributed by atoms with Crippen LogP contribution in [0.2, 0.25) is 0 Å². The molecule has 90 valence electrons. The van der Waals surface area contributed by atoms with Crippen LogP contribution < -0.4 is 10.5 Å². The van der Waals surface area contributed by atoms with E-state index in [9.17, 15) is 5.26 Å². The number of hydrogen-bond donors (Lipinski definition) is 1. The zero-order valence-electron chi connectivity index (χ0n) is 9.85. The van der Waals surface area contributed by atoms with Crippen molar-refractivity contribution in [2.75, 3.05) is 19.8 Å². The maximum atomic E-state index is 9.17. The first kappa shape index (κ1) is 11.9. The Balaban J connectivity index is 2.14. The second kappa shape index (κ2) is 4.74. The normalized spacial score (nSPS) is 18.9. The highest BCUT2D eigenvalue weighted by Crippen LogP contribution is 2.38. The molecule has 1 saturated heterocycles. The van der Waals surface area contributed by atoms with Crippen LogP contribution in [-0.4, -0.2) is 19.8 Å². The zero-order valence-corrected chi connectivity index (χ0v) is 9.85. The molecule has 1 heterocycles. The maximum Gasteiger partial charge on any atom is 0.123 e. The monoisotopic (exact) mass is 232 g/mol. The first-order chi connectivity index (χ1) is 8.22. The lowest BCUT2D eigenvalue weighted by Gasteiger charge is -2.39. The van der Waals surface area contributed by atoms with Crippen molar-refractivity contribution < 1.29 is 9.47 Å². The van der Waals surface area contributed by atoms with E-state index in [-0.39, 0.29) is 6.04 Å². The minimum Gasteiger partial charge on any atom is -0.494 e. The summed E-state index contributed by atoms with van der Waals surface area (Å²) in [5.41, 5.74) is 6.51. The van der Waals surface area contributed by atoms with Crippen molar-refractivity contribution in [1.82, 2.24) is 0 Å². The Morgan fingerprint density at radius 1 is 1.47 bits per heavy atom. The molecule has 0 spiro atoms. The van der Waals surface area contributed by atoms with E-state index in [0.717, 1.165) is 11.3 Å². The number of ether oxygens (including phenoxy) is 2. The fourth-order valence-electron chi connectivity index (χ4n) is 1.89. The van der Waals surface area contributed by atoms with Crippen LogP contribution in [0.4, 0.5) is 0 Å². The molecule has 0 saturated carbocycles. The lowest BCUT2D eigenvalue weighted by molar-refractivity contribution is -0.0910. The van der Waals surface area contributed by atoms with Crippen LogP contribution in [0.1, 0.15) is 18.5 Å². The molecule has 4 nitrogen and oxygen atoms in total. The van der Waals surface area contributed by atoms with Crippen molar-refractivity contribution in [3.05, 3.63) is 29.8 Å². The summed E-state index contributed by atoms with van der Waals surface area (Å²) < 4.78 is 10.5. The highest BCUT2D eigenvalue weighted by atomic mass is 16.5. The molecule has 1 fully saturated rings. The van der Waals surface area contributed by atoms with E-state index in [0.29, 0.717) is 19.8 Å². The molecule has 0 amide bonds. The van der Waals surface area contributed by atoms with Crippen molar-refractivity contribution in [3.63, 3.8) is 0 Å². The molecule has 1 aromatic rings. The minimum absolute atomic E-state index is 0.308. The van der Waals surface area contributed by atoms with Gasteiger partial charge < -0.3 is 15.2 Å². The topological polar surface area (TPSA) is 68.3 Å². The van der Waals surface area contributed by atoms with E-state index in [1.165, 1.54) is 0 Å². The SMILES string of the molecule is CCOc1ccc(C(N)C2(C#N)COC2)cc1. The number of nitrogens with zero attached hydrogens (tertiary/aromatic N) is 1. The van der Waals surface area contributed by atoms with Crippen LogP contribution >= 0.6 is 0 Å². The van der Waals surface area contributed by atoms with Crippen molar-refractivity contribution in [3.8, 4) is 11.8 Å². The second-order valence-corrected chi connectivity index (χ2v) is 4.24. The third kappa shape index (κ3) is 2.12. The van der Waals surface area contributed by atoms with Gasteiger partial charge in [0.1, 0.15) is 11.2 Å². The maximum absolute atomic E-state index is 9.17. The van der Waals surface area contributed by atoms with Crippen molar-refractivity contribution in [2.45, 2.75) is 13.0 Å². The third-order valence-corrected chi connectivity index (χ3v) is 3.09. The minimum atomic E-state index is -0.562. The number of benzene rings is 1. The molecule has 0 bridgehead atoms. The summed E-state index contributed by atoms with van der Waals surface area (Å²) in [6.07, 6.45) is 0. The van der Waals surface area contributed by atoms with Crippen molar-refractivity contribution in [2.24, 2.45) is 11.1 Å². The molecule has 1 aliphatic rings. The fourth-order valence-corrected chi connectivity index (χ4v) is 1.89. The molecule has 1 aliphatic heterocycles. The van der Waals surface area contributed by atoms with E-state index in [1.54, 1.807) is 0 Å². The molecular weight excluding hydrogens is 216 g/mol. The molecule has 2 rings (SSSR count). The molecule has 1 aromatic carbocycles. The van der Waals surface area contributed by atoms with Crippen LogP contribution in [0, 0.1) is 16.7 Å². The summed E-state index contributed by atoms with van der Waals surface area (Å²) in [6, 6.07) is 9.54. The summed E-state index contributed by atoms with van der Waals surface area (Å²) in [7, 11) is 0. The molecule has 0 radical (unpaired) electrons. The summed E-state index contributed by atoms with van der Waals surface area (Å²) in [4.78, 5) is 0. The first-order valence-electron chi connectivity index (χ1n) is 5.69. The van der Waals surface area contributed by atoms with Crippen LogP contribution in [0.5, 0.6) is 5.75 Å². The van der Waals surface area contributed by atoms with Gasteiger partial charge in [0.2, 0.25) is 0 Å². The lowest BCUT2D eigenvalue weighted by atomic mass is 9.77. The summed E-state index contributed by atoms with van der Waals surface area (Å²) in [5, 5.41) is 9.17. The third-order valence-electron chi connectivity index (χ3n) is 3.09. The van der Waals surface area contributed by atoms with E-state index in [1.807, 2.05) is 31.2 Å². The number of hydrogen-bond acceptors (Lipinski definition) is 4. The Kier molecular flexibility index (Phi) is 3.32. The van der Waals surface area contributed by atoms with E-state index < -0.39 is 5.41 Å². The Hall–Kier alpha value is -1.57.